The maximum absolute atomic E-state index is 12.5. The number of fused-ring (bicyclic) bond motifs is 5. The molecule has 2 aromatic rings. The third-order valence-corrected chi connectivity index (χ3v) is 5.02. The predicted octanol–water partition coefficient (Wildman–Crippen LogP) is 2.48. The van der Waals surface area contributed by atoms with Gasteiger partial charge in [-0.2, -0.15) is 0 Å². The van der Waals surface area contributed by atoms with Crippen molar-refractivity contribution < 1.29 is 14.6 Å². The molecule has 3 nitrogen and oxygen atoms in total. The summed E-state index contributed by atoms with van der Waals surface area (Å²) in [6, 6.07) is 15.7. The molecular formula is C18H16O3. The van der Waals surface area contributed by atoms with Gasteiger partial charge in [0.05, 0.1) is 13.2 Å². The highest BCUT2D eigenvalue weighted by molar-refractivity contribution is 5.90. The summed E-state index contributed by atoms with van der Waals surface area (Å²) < 4.78 is 5.08. The predicted molar refractivity (Wildman–Crippen MR) is 78.0 cm³/mol. The molecule has 3 atom stereocenters. The molecule has 0 aliphatic heterocycles. The first-order valence-corrected chi connectivity index (χ1v) is 7.14. The monoisotopic (exact) mass is 280 g/mol. The van der Waals surface area contributed by atoms with E-state index in [1.54, 1.807) is 0 Å². The standard InChI is InChI=1S/C18H16O3/c1-21-17(20)18-10-11-6-2-3-7-12(11)16(19)15(18)13-8-4-5-9-14(13)18/h2-9,15-16,19H,10H2,1H3. The van der Waals surface area contributed by atoms with Crippen molar-refractivity contribution in [2.75, 3.05) is 7.11 Å². The Morgan fingerprint density at radius 2 is 1.81 bits per heavy atom. The number of aliphatic hydroxyl groups excluding tert-OH is 1. The number of methoxy groups -OCH3 is 1. The van der Waals surface area contributed by atoms with Crippen molar-refractivity contribution in [2.24, 2.45) is 0 Å². The molecule has 0 spiro atoms. The number of carbonyl (C=O) groups is 1. The molecule has 3 heteroatoms. The second-order valence-electron chi connectivity index (χ2n) is 5.85. The van der Waals surface area contributed by atoms with Crippen molar-refractivity contribution in [1.82, 2.24) is 0 Å². The first-order chi connectivity index (χ1) is 10.2. The summed E-state index contributed by atoms with van der Waals surface area (Å²) in [5, 5.41) is 10.8. The van der Waals surface area contributed by atoms with Gasteiger partial charge in [0.1, 0.15) is 5.41 Å². The fraction of sp³-hybridized carbons (Fsp3) is 0.278. The van der Waals surface area contributed by atoms with Gasteiger partial charge in [-0.1, -0.05) is 48.5 Å². The molecule has 1 N–H and O–H groups in total. The molecular weight excluding hydrogens is 264 g/mol. The SMILES string of the molecule is COC(=O)C12Cc3ccccc3C(O)C1c1ccccc12. The molecule has 0 aromatic heterocycles. The number of carbonyl (C=O) groups excluding carboxylic acids is 1. The Balaban J connectivity index is 1.95. The summed E-state index contributed by atoms with van der Waals surface area (Å²) >= 11 is 0. The van der Waals surface area contributed by atoms with Crippen LogP contribution in [0.15, 0.2) is 48.5 Å². The molecule has 21 heavy (non-hydrogen) atoms. The minimum Gasteiger partial charge on any atom is -0.468 e. The molecule has 2 aromatic carbocycles. The van der Waals surface area contributed by atoms with Gasteiger partial charge < -0.3 is 9.84 Å². The van der Waals surface area contributed by atoms with Gasteiger partial charge in [-0.05, 0) is 28.7 Å². The third kappa shape index (κ3) is 1.39. The van der Waals surface area contributed by atoms with Gasteiger partial charge in [0.2, 0.25) is 0 Å². The highest BCUT2D eigenvalue weighted by Crippen LogP contribution is 2.62. The van der Waals surface area contributed by atoms with Gasteiger partial charge in [0.15, 0.2) is 0 Å². The molecule has 0 heterocycles. The Kier molecular flexibility index (Phi) is 2.51. The minimum absolute atomic E-state index is 0.212. The van der Waals surface area contributed by atoms with Gasteiger partial charge in [-0.3, -0.25) is 4.79 Å². The lowest BCUT2D eigenvalue weighted by Crippen LogP contribution is -2.56. The highest BCUT2D eigenvalue weighted by atomic mass is 16.5. The molecule has 0 amide bonds. The topological polar surface area (TPSA) is 46.5 Å². The number of benzene rings is 2. The van der Waals surface area contributed by atoms with Crippen LogP contribution in [-0.4, -0.2) is 18.2 Å². The lowest BCUT2D eigenvalue weighted by Gasteiger charge is -2.54. The van der Waals surface area contributed by atoms with E-state index in [9.17, 15) is 9.90 Å². The summed E-state index contributed by atoms with van der Waals surface area (Å²) in [6.45, 7) is 0. The average molecular weight is 280 g/mol. The summed E-state index contributed by atoms with van der Waals surface area (Å²) in [5.41, 5.74) is 3.28. The van der Waals surface area contributed by atoms with Crippen LogP contribution >= 0.6 is 0 Å². The Labute approximate surface area is 123 Å². The van der Waals surface area contributed by atoms with Gasteiger partial charge in [-0.15, -0.1) is 0 Å². The summed E-state index contributed by atoms with van der Waals surface area (Å²) in [4.78, 5) is 12.5. The third-order valence-electron chi connectivity index (χ3n) is 5.02. The van der Waals surface area contributed by atoms with Crippen LogP contribution in [-0.2, 0) is 21.4 Å². The molecule has 0 saturated carbocycles. The van der Waals surface area contributed by atoms with E-state index in [1.165, 1.54) is 7.11 Å². The van der Waals surface area contributed by atoms with Crippen molar-refractivity contribution >= 4 is 5.97 Å². The van der Waals surface area contributed by atoms with Crippen LogP contribution in [0, 0.1) is 0 Å². The van der Waals surface area contributed by atoms with Crippen LogP contribution in [0.3, 0.4) is 0 Å². The summed E-state index contributed by atoms with van der Waals surface area (Å²) in [7, 11) is 1.42. The van der Waals surface area contributed by atoms with E-state index in [1.807, 2.05) is 48.5 Å². The fourth-order valence-corrected chi connectivity index (χ4v) is 4.13. The quantitative estimate of drug-likeness (QED) is 0.816. The largest absolute Gasteiger partial charge is 0.468 e. The first kappa shape index (κ1) is 12.6. The lowest BCUT2D eigenvalue weighted by molar-refractivity contribution is -0.153. The zero-order valence-corrected chi connectivity index (χ0v) is 11.7. The lowest BCUT2D eigenvalue weighted by atomic mass is 9.49. The van der Waals surface area contributed by atoms with Crippen LogP contribution in [0.4, 0.5) is 0 Å². The van der Waals surface area contributed by atoms with E-state index in [-0.39, 0.29) is 11.9 Å². The second kappa shape index (κ2) is 4.18. The molecule has 0 fully saturated rings. The van der Waals surface area contributed by atoms with E-state index in [0.29, 0.717) is 6.42 Å². The zero-order valence-electron chi connectivity index (χ0n) is 11.7. The van der Waals surface area contributed by atoms with E-state index in [0.717, 1.165) is 22.3 Å². The molecule has 0 radical (unpaired) electrons. The van der Waals surface area contributed by atoms with Crippen molar-refractivity contribution in [3.63, 3.8) is 0 Å². The minimum atomic E-state index is -0.737. The number of hydrogen-bond acceptors (Lipinski definition) is 3. The van der Waals surface area contributed by atoms with Crippen molar-refractivity contribution in [2.45, 2.75) is 23.9 Å². The Morgan fingerprint density at radius 1 is 1.14 bits per heavy atom. The number of aliphatic hydroxyl groups is 1. The molecule has 2 aliphatic carbocycles. The zero-order chi connectivity index (χ0) is 14.6. The van der Waals surface area contributed by atoms with E-state index < -0.39 is 11.5 Å². The maximum atomic E-state index is 12.5. The van der Waals surface area contributed by atoms with Gasteiger partial charge in [0.25, 0.3) is 0 Å². The number of esters is 1. The van der Waals surface area contributed by atoms with Crippen LogP contribution in [0.25, 0.3) is 0 Å². The Bertz CT molecular complexity index is 737. The van der Waals surface area contributed by atoms with Crippen LogP contribution in [0.1, 0.15) is 34.3 Å². The van der Waals surface area contributed by atoms with E-state index >= 15 is 0 Å². The van der Waals surface area contributed by atoms with Crippen molar-refractivity contribution in [3.8, 4) is 0 Å². The first-order valence-electron chi connectivity index (χ1n) is 7.14. The molecule has 0 saturated heterocycles. The number of hydrogen-bond donors (Lipinski definition) is 1. The highest BCUT2D eigenvalue weighted by Gasteiger charge is 2.62. The number of ether oxygens (including phenoxy) is 1. The van der Waals surface area contributed by atoms with Gasteiger partial charge in [-0.25, -0.2) is 0 Å². The van der Waals surface area contributed by atoms with Gasteiger partial charge >= 0.3 is 5.97 Å². The van der Waals surface area contributed by atoms with Gasteiger partial charge in [0, 0.05) is 5.92 Å². The Morgan fingerprint density at radius 3 is 2.57 bits per heavy atom. The van der Waals surface area contributed by atoms with Crippen LogP contribution in [0.2, 0.25) is 0 Å². The number of rotatable bonds is 1. The molecule has 0 bridgehead atoms. The average Bonchev–Trinajstić information content (AvgIpc) is 2.52. The van der Waals surface area contributed by atoms with Crippen LogP contribution in [0.5, 0.6) is 0 Å². The van der Waals surface area contributed by atoms with E-state index in [2.05, 4.69) is 0 Å². The summed E-state index contributed by atoms with van der Waals surface area (Å²) in [5.74, 6) is -0.462. The molecule has 3 unspecified atom stereocenters. The maximum Gasteiger partial charge on any atom is 0.317 e. The Hall–Kier alpha value is -2.13. The smallest absolute Gasteiger partial charge is 0.317 e. The van der Waals surface area contributed by atoms with Crippen molar-refractivity contribution in [3.05, 3.63) is 70.8 Å². The molecule has 4 rings (SSSR count). The van der Waals surface area contributed by atoms with Crippen LogP contribution < -0.4 is 0 Å². The molecule has 106 valence electrons. The van der Waals surface area contributed by atoms with E-state index in [4.69, 9.17) is 4.74 Å². The normalized spacial score (nSPS) is 28.7. The second-order valence-corrected chi connectivity index (χ2v) is 5.85. The van der Waals surface area contributed by atoms with Crippen molar-refractivity contribution in [1.29, 1.82) is 0 Å². The molecule has 2 aliphatic rings. The summed E-state index contributed by atoms with van der Waals surface area (Å²) in [6.07, 6.45) is -0.0712. The fourth-order valence-electron chi connectivity index (χ4n) is 4.13.